The second-order valence-electron chi connectivity index (χ2n) is 7.33. The summed E-state index contributed by atoms with van der Waals surface area (Å²) in [6.07, 6.45) is 1.78. The molecule has 1 heterocycles. The molecule has 0 aromatic heterocycles. The summed E-state index contributed by atoms with van der Waals surface area (Å²) >= 11 is 1.72. The zero-order chi connectivity index (χ0) is 18.6. The van der Waals surface area contributed by atoms with E-state index >= 15 is 0 Å². The number of carbonyl (C=O) groups excluding carboxylic acids is 2. The van der Waals surface area contributed by atoms with Crippen LogP contribution < -0.4 is 5.32 Å². The lowest BCUT2D eigenvalue weighted by molar-refractivity contribution is -0.125. The van der Waals surface area contributed by atoms with Crippen LogP contribution in [0.1, 0.15) is 56.5 Å². The van der Waals surface area contributed by atoms with Crippen LogP contribution >= 0.6 is 11.8 Å². The van der Waals surface area contributed by atoms with Crippen LogP contribution in [-0.2, 0) is 4.79 Å². The first-order chi connectivity index (χ1) is 11.8. The first-order valence-electron chi connectivity index (χ1n) is 9.14. The Morgan fingerprint density at radius 2 is 2.04 bits per heavy atom. The van der Waals surface area contributed by atoms with Crippen molar-refractivity contribution in [2.24, 2.45) is 5.92 Å². The molecule has 1 aromatic rings. The number of aryl methyl sites for hydroxylation is 1. The van der Waals surface area contributed by atoms with Gasteiger partial charge in [-0.3, -0.25) is 9.59 Å². The standard InChI is InChI=1S/C20H30N2O2S/c1-6-15(5)21-19(23)17-12-25-18(10-13(2)3)22(17)20(24)16-9-7-8-14(4)11-16/h7-9,11,13,15,17-18H,6,10,12H2,1-5H3,(H,21,23). The number of hydrogen-bond acceptors (Lipinski definition) is 3. The molecule has 4 nitrogen and oxygen atoms in total. The Kier molecular flexibility index (Phi) is 6.94. The van der Waals surface area contributed by atoms with E-state index in [0.29, 0.717) is 17.2 Å². The second kappa shape index (κ2) is 8.75. The highest BCUT2D eigenvalue weighted by Gasteiger charge is 2.42. The second-order valence-corrected chi connectivity index (χ2v) is 8.54. The van der Waals surface area contributed by atoms with Crippen LogP contribution in [0.5, 0.6) is 0 Å². The highest BCUT2D eigenvalue weighted by molar-refractivity contribution is 8.00. The molecule has 0 aliphatic carbocycles. The number of thioether (sulfide) groups is 1. The summed E-state index contributed by atoms with van der Waals surface area (Å²) in [4.78, 5) is 27.8. The van der Waals surface area contributed by atoms with Crippen molar-refractivity contribution in [1.82, 2.24) is 10.2 Å². The Morgan fingerprint density at radius 1 is 1.32 bits per heavy atom. The van der Waals surface area contributed by atoms with Gasteiger partial charge >= 0.3 is 0 Å². The third kappa shape index (κ3) is 5.00. The number of amides is 2. The molecule has 3 atom stereocenters. The molecule has 3 unspecified atom stereocenters. The molecular formula is C20H30N2O2S. The molecule has 1 N–H and O–H groups in total. The molecule has 1 aliphatic rings. The van der Waals surface area contributed by atoms with Crippen molar-refractivity contribution in [1.29, 1.82) is 0 Å². The van der Waals surface area contributed by atoms with E-state index in [9.17, 15) is 9.59 Å². The van der Waals surface area contributed by atoms with Gasteiger partial charge in [-0.2, -0.15) is 0 Å². The van der Waals surface area contributed by atoms with Crippen LogP contribution in [0.15, 0.2) is 24.3 Å². The lowest BCUT2D eigenvalue weighted by atomic mass is 10.1. The van der Waals surface area contributed by atoms with Gasteiger partial charge in [-0.15, -0.1) is 11.8 Å². The summed E-state index contributed by atoms with van der Waals surface area (Å²) in [5.74, 6) is 1.07. The number of rotatable bonds is 6. The van der Waals surface area contributed by atoms with E-state index in [2.05, 4.69) is 19.2 Å². The van der Waals surface area contributed by atoms with Crippen molar-refractivity contribution in [3.8, 4) is 0 Å². The van der Waals surface area contributed by atoms with Gasteiger partial charge in [-0.1, -0.05) is 38.5 Å². The average Bonchev–Trinajstić information content (AvgIpc) is 2.96. The highest BCUT2D eigenvalue weighted by atomic mass is 32.2. The Hall–Kier alpha value is -1.49. The van der Waals surface area contributed by atoms with E-state index in [1.165, 1.54) is 0 Å². The monoisotopic (exact) mass is 362 g/mol. The third-order valence-electron chi connectivity index (χ3n) is 4.57. The predicted octanol–water partition coefficient (Wildman–Crippen LogP) is 3.84. The predicted molar refractivity (Wildman–Crippen MR) is 105 cm³/mol. The normalized spacial score (nSPS) is 21.4. The molecule has 5 heteroatoms. The number of benzene rings is 1. The van der Waals surface area contributed by atoms with Crippen LogP contribution in [0.2, 0.25) is 0 Å². The molecule has 1 aliphatic heterocycles. The largest absolute Gasteiger partial charge is 0.352 e. The summed E-state index contributed by atoms with van der Waals surface area (Å²) in [6.45, 7) is 10.3. The molecule has 1 saturated heterocycles. The summed E-state index contributed by atoms with van der Waals surface area (Å²) in [5, 5.41) is 3.10. The van der Waals surface area contributed by atoms with Gasteiger partial charge < -0.3 is 10.2 Å². The number of nitrogens with one attached hydrogen (secondary N) is 1. The zero-order valence-corrected chi connectivity index (χ0v) is 16.7. The van der Waals surface area contributed by atoms with E-state index in [1.807, 2.05) is 49.9 Å². The topological polar surface area (TPSA) is 49.4 Å². The van der Waals surface area contributed by atoms with Crippen LogP contribution in [0.25, 0.3) is 0 Å². The Bertz CT molecular complexity index is 617. The maximum absolute atomic E-state index is 13.2. The van der Waals surface area contributed by atoms with Gasteiger partial charge in [0.1, 0.15) is 6.04 Å². The van der Waals surface area contributed by atoms with Gasteiger partial charge in [0, 0.05) is 17.4 Å². The molecular weight excluding hydrogens is 332 g/mol. The van der Waals surface area contributed by atoms with E-state index in [0.717, 1.165) is 18.4 Å². The van der Waals surface area contributed by atoms with Gasteiger partial charge in [0.2, 0.25) is 5.91 Å². The fourth-order valence-electron chi connectivity index (χ4n) is 2.99. The maximum Gasteiger partial charge on any atom is 0.255 e. The highest BCUT2D eigenvalue weighted by Crippen LogP contribution is 2.34. The molecule has 1 aromatic carbocycles. The van der Waals surface area contributed by atoms with Crippen molar-refractivity contribution in [3.05, 3.63) is 35.4 Å². The van der Waals surface area contributed by atoms with E-state index < -0.39 is 6.04 Å². The summed E-state index contributed by atoms with van der Waals surface area (Å²) in [5.41, 5.74) is 1.72. The summed E-state index contributed by atoms with van der Waals surface area (Å²) < 4.78 is 0. The smallest absolute Gasteiger partial charge is 0.255 e. The summed E-state index contributed by atoms with van der Waals surface area (Å²) in [7, 11) is 0. The minimum Gasteiger partial charge on any atom is -0.352 e. The molecule has 2 amide bonds. The zero-order valence-electron chi connectivity index (χ0n) is 15.9. The van der Waals surface area contributed by atoms with Crippen molar-refractivity contribution in [3.63, 3.8) is 0 Å². The lowest BCUT2D eigenvalue weighted by Crippen LogP contribution is -2.51. The van der Waals surface area contributed by atoms with E-state index in [1.54, 1.807) is 11.8 Å². The van der Waals surface area contributed by atoms with Gasteiger partial charge in [-0.05, 0) is 44.7 Å². The lowest BCUT2D eigenvalue weighted by Gasteiger charge is -2.30. The van der Waals surface area contributed by atoms with Gasteiger partial charge in [-0.25, -0.2) is 0 Å². The molecule has 1 fully saturated rings. The maximum atomic E-state index is 13.2. The van der Waals surface area contributed by atoms with Crippen LogP contribution in [0, 0.1) is 12.8 Å². The fraction of sp³-hybridized carbons (Fsp3) is 0.600. The molecule has 25 heavy (non-hydrogen) atoms. The van der Waals surface area contributed by atoms with Crippen LogP contribution in [0.3, 0.4) is 0 Å². The van der Waals surface area contributed by atoms with E-state index in [4.69, 9.17) is 0 Å². The SMILES string of the molecule is CCC(C)NC(=O)C1CSC(CC(C)C)N1C(=O)c1cccc(C)c1. The number of nitrogens with zero attached hydrogens (tertiary/aromatic N) is 1. The Balaban J connectivity index is 2.27. The number of hydrogen-bond donors (Lipinski definition) is 1. The van der Waals surface area contributed by atoms with Crippen molar-refractivity contribution >= 4 is 23.6 Å². The Morgan fingerprint density at radius 3 is 2.64 bits per heavy atom. The minimum absolute atomic E-state index is 0.0332. The minimum atomic E-state index is -0.393. The molecule has 138 valence electrons. The van der Waals surface area contributed by atoms with Crippen molar-refractivity contribution in [2.75, 3.05) is 5.75 Å². The van der Waals surface area contributed by atoms with Crippen LogP contribution in [0.4, 0.5) is 0 Å². The van der Waals surface area contributed by atoms with Crippen molar-refractivity contribution < 1.29 is 9.59 Å². The first kappa shape index (κ1) is 19.8. The molecule has 0 saturated carbocycles. The molecule has 2 rings (SSSR count). The van der Waals surface area contributed by atoms with E-state index in [-0.39, 0.29) is 23.2 Å². The summed E-state index contributed by atoms with van der Waals surface area (Å²) in [6, 6.07) is 7.36. The molecule has 0 radical (unpaired) electrons. The molecule has 0 spiro atoms. The van der Waals surface area contributed by atoms with Crippen LogP contribution in [-0.4, -0.2) is 39.9 Å². The Labute approximate surface area is 155 Å². The van der Waals surface area contributed by atoms with Gasteiger partial charge in [0.25, 0.3) is 5.91 Å². The first-order valence-corrected chi connectivity index (χ1v) is 10.2. The fourth-order valence-corrected chi connectivity index (χ4v) is 4.63. The average molecular weight is 363 g/mol. The van der Waals surface area contributed by atoms with Gasteiger partial charge in [0.15, 0.2) is 0 Å². The van der Waals surface area contributed by atoms with Gasteiger partial charge in [0.05, 0.1) is 5.37 Å². The van der Waals surface area contributed by atoms with Crippen molar-refractivity contribution in [2.45, 2.75) is 64.9 Å². The third-order valence-corrected chi connectivity index (χ3v) is 5.88. The number of carbonyl (C=O) groups is 2. The molecule has 0 bridgehead atoms. The quantitative estimate of drug-likeness (QED) is 0.836.